The van der Waals surface area contributed by atoms with Gasteiger partial charge < -0.3 is 10.2 Å². The van der Waals surface area contributed by atoms with Crippen LogP contribution in [0.4, 0.5) is 10.1 Å². The van der Waals surface area contributed by atoms with Crippen LogP contribution in [-0.4, -0.2) is 51.2 Å². The summed E-state index contributed by atoms with van der Waals surface area (Å²) in [5.41, 5.74) is 0.748. The number of nitrogens with one attached hydrogen (secondary N) is 1. The fourth-order valence-corrected chi connectivity index (χ4v) is 2.56. The highest BCUT2D eigenvalue weighted by atomic mass is 19.1. The van der Waals surface area contributed by atoms with E-state index in [1.807, 2.05) is 19.2 Å². The molecule has 0 unspecified atom stereocenters. The zero-order chi connectivity index (χ0) is 13.5. The normalized spacial score (nSPS) is 16.8. The van der Waals surface area contributed by atoms with Crippen LogP contribution in [0.25, 0.3) is 0 Å². The molecule has 1 saturated heterocycles. The van der Waals surface area contributed by atoms with Crippen molar-refractivity contribution in [1.29, 1.82) is 0 Å². The Morgan fingerprint density at radius 3 is 2.53 bits per heavy atom. The van der Waals surface area contributed by atoms with E-state index in [2.05, 4.69) is 15.1 Å². The average molecular weight is 265 g/mol. The Bertz CT molecular complexity index is 375. The van der Waals surface area contributed by atoms with E-state index in [4.69, 9.17) is 0 Å². The summed E-state index contributed by atoms with van der Waals surface area (Å²) in [6.07, 6.45) is 2.46. The molecule has 0 aromatic heterocycles. The minimum atomic E-state index is -0.107. The summed E-state index contributed by atoms with van der Waals surface area (Å²) in [7, 11) is 1.99. The van der Waals surface area contributed by atoms with E-state index in [0.717, 1.165) is 45.0 Å². The predicted molar refractivity (Wildman–Crippen MR) is 78.2 cm³/mol. The monoisotopic (exact) mass is 265 g/mol. The highest BCUT2D eigenvalue weighted by Crippen LogP contribution is 2.20. The van der Waals surface area contributed by atoms with Crippen LogP contribution >= 0.6 is 0 Å². The van der Waals surface area contributed by atoms with E-state index in [-0.39, 0.29) is 5.82 Å². The first kappa shape index (κ1) is 14.3. The molecular weight excluding hydrogens is 241 g/mol. The molecule has 0 radical (unpaired) electrons. The third-order valence-corrected chi connectivity index (χ3v) is 3.72. The summed E-state index contributed by atoms with van der Waals surface area (Å²) in [5.74, 6) is -0.107. The van der Waals surface area contributed by atoms with Gasteiger partial charge in [0.25, 0.3) is 0 Å². The molecule has 0 amide bonds. The molecule has 0 spiro atoms. The van der Waals surface area contributed by atoms with Gasteiger partial charge in [-0.3, -0.25) is 4.90 Å². The fraction of sp³-hybridized carbons (Fsp3) is 0.600. The van der Waals surface area contributed by atoms with Crippen molar-refractivity contribution in [3.05, 3.63) is 30.1 Å². The van der Waals surface area contributed by atoms with Crippen molar-refractivity contribution in [3.8, 4) is 0 Å². The van der Waals surface area contributed by atoms with E-state index in [9.17, 15) is 4.39 Å². The molecule has 1 N–H and O–H groups in total. The lowest BCUT2D eigenvalue weighted by molar-refractivity contribution is 0.252. The predicted octanol–water partition coefficient (Wildman–Crippen LogP) is 1.95. The quantitative estimate of drug-likeness (QED) is 0.793. The molecule has 19 heavy (non-hydrogen) atoms. The van der Waals surface area contributed by atoms with E-state index in [1.165, 1.54) is 12.8 Å². The third kappa shape index (κ3) is 4.18. The van der Waals surface area contributed by atoms with Crippen LogP contribution in [0.5, 0.6) is 0 Å². The van der Waals surface area contributed by atoms with Gasteiger partial charge in [-0.2, -0.15) is 0 Å². The lowest BCUT2D eigenvalue weighted by atomic mass is 10.2. The number of piperazine rings is 1. The molecule has 106 valence electrons. The molecule has 1 aromatic rings. The third-order valence-electron chi connectivity index (χ3n) is 3.72. The molecular formula is C15H24FN3. The molecule has 0 bridgehead atoms. The highest BCUT2D eigenvalue weighted by molar-refractivity contribution is 5.47. The smallest absolute Gasteiger partial charge is 0.146 e. The Hall–Kier alpha value is -1.13. The van der Waals surface area contributed by atoms with Crippen LogP contribution < -0.4 is 10.2 Å². The molecule has 0 saturated carbocycles. The van der Waals surface area contributed by atoms with E-state index < -0.39 is 0 Å². The van der Waals surface area contributed by atoms with E-state index in [1.54, 1.807) is 12.1 Å². The lowest BCUT2D eigenvalue weighted by Crippen LogP contribution is -2.47. The van der Waals surface area contributed by atoms with Gasteiger partial charge in [-0.25, -0.2) is 4.39 Å². The Labute approximate surface area is 115 Å². The maximum absolute atomic E-state index is 13.7. The summed E-state index contributed by atoms with van der Waals surface area (Å²) in [6, 6.07) is 7.07. The van der Waals surface area contributed by atoms with Gasteiger partial charge in [-0.1, -0.05) is 12.1 Å². The Kier molecular flexibility index (Phi) is 5.61. The molecule has 4 heteroatoms. The highest BCUT2D eigenvalue weighted by Gasteiger charge is 2.18. The summed E-state index contributed by atoms with van der Waals surface area (Å²) in [4.78, 5) is 4.63. The van der Waals surface area contributed by atoms with E-state index in [0.29, 0.717) is 0 Å². The molecule has 2 rings (SSSR count). The van der Waals surface area contributed by atoms with Gasteiger partial charge in [0, 0.05) is 26.2 Å². The second kappa shape index (κ2) is 7.46. The molecule has 1 fully saturated rings. The number of unbranched alkanes of at least 4 members (excludes halogenated alkanes) is 1. The second-order valence-corrected chi connectivity index (χ2v) is 5.09. The first-order valence-electron chi connectivity index (χ1n) is 7.17. The Balaban J connectivity index is 1.75. The van der Waals surface area contributed by atoms with E-state index >= 15 is 0 Å². The first-order chi connectivity index (χ1) is 9.31. The van der Waals surface area contributed by atoms with Gasteiger partial charge >= 0.3 is 0 Å². The number of para-hydroxylation sites is 1. The number of benzene rings is 1. The van der Waals surface area contributed by atoms with Crippen molar-refractivity contribution in [2.24, 2.45) is 0 Å². The van der Waals surface area contributed by atoms with Crippen LogP contribution in [0.2, 0.25) is 0 Å². The Morgan fingerprint density at radius 2 is 1.84 bits per heavy atom. The molecule has 1 aliphatic heterocycles. The maximum Gasteiger partial charge on any atom is 0.146 e. The number of anilines is 1. The van der Waals surface area contributed by atoms with Gasteiger partial charge in [-0.05, 0) is 45.1 Å². The van der Waals surface area contributed by atoms with Crippen molar-refractivity contribution in [2.75, 3.05) is 51.2 Å². The van der Waals surface area contributed by atoms with Crippen LogP contribution in [0, 0.1) is 5.82 Å². The number of nitrogens with zero attached hydrogens (tertiary/aromatic N) is 2. The zero-order valence-electron chi connectivity index (χ0n) is 11.7. The zero-order valence-corrected chi connectivity index (χ0v) is 11.7. The average Bonchev–Trinajstić information content (AvgIpc) is 2.45. The van der Waals surface area contributed by atoms with Crippen molar-refractivity contribution < 1.29 is 4.39 Å². The minimum absolute atomic E-state index is 0.107. The van der Waals surface area contributed by atoms with Gasteiger partial charge in [0.2, 0.25) is 0 Å². The van der Waals surface area contributed by atoms with Crippen molar-refractivity contribution >= 4 is 5.69 Å². The molecule has 0 aliphatic carbocycles. The number of rotatable bonds is 6. The second-order valence-electron chi connectivity index (χ2n) is 5.09. The van der Waals surface area contributed by atoms with Gasteiger partial charge in [0.05, 0.1) is 5.69 Å². The first-order valence-corrected chi connectivity index (χ1v) is 7.17. The van der Waals surface area contributed by atoms with Crippen LogP contribution in [-0.2, 0) is 0 Å². The number of hydrogen-bond donors (Lipinski definition) is 1. The molecule has 0 atom stereocenters. The van der Waals surface area contributed by atoms with Crippen LogP contribution in [0.15, 0.2) is 24.3 Å². The lowest BCUT2D eigenvalue weighted by Gasteiger charge is -2.36. The van der Waals surface area contributed by atoms with Crippen molar-refractivity contribution in [2.45, 2.75) is 12.8 Å². The summed E-state index contributed by atoms with van der Waals surface area (Å²) in [6.45, 7) is 6.17. The Morgan fingerprint density at radius 1 is 1.11 bits per heavy atom. The summed E-state index contributed by atoms with van der Waals surface area (Å²) >= 11 is 0. The topological polar surface area (TPSA) is 18.5 Å². The number of hydrogen-bond acceptors (Lipinski definition) is 3. The molecule has 1 aliphatic rings. The van der Waals surface area contributed by atoms with Gasteiger partial charge in [-0.15, -0.1) is 0 Å². The minimum Gasteiger partial charge on any atom is -0.367 e. The molecule has 1 heterocycles. The van der Waals surface area contributed by atoms with Crippen LogP contribution in [0.1, 0.15) is 12.8 Å². The summed E-state index contributed by atoms with van der Waals surface area (Å²) < 4.78 is 13.7. The molecule has 1 aromatic carbocycles. The SMILES string of the molecule is CNCCCCN1CCN(c2ccccc2F)CC1. The van der Waals surface area contributed by atoms with Gasteiger partial charge in [0.15, 0.2) is 0 Å². The number of halogens is 1. The molecule has 3 nitrogen and oxygen atoms in total. The summed E-state index contributed by atoms with van der Waals surface area (Å²) in [5, 5.41) is 3.17. The van der Waals surface area contributed by atoms with Gasteiger partial charge in [0.1, 0.15) is 5.82 Å². The van der Waals surface area contributed by atoms with Crippen LogP contribution in [0.3, 0.4) is 0 Å². The largest absolute Gasteiger partial charge is 0.367 e. The fourth-order valence-electron chi connectivity index (χ4n) is 2.56. The van der Waals surface area contributed by atoms with Crippen molar-refractivity contribution in [3.63, 3.8) is 0 Å². The van der Waals surface area contributed by atoms with Crippen molar-refractivity contribution in [1.82, 2.24) is 10.2 Å². The standard InChI is InChI=1S/C15H24FN3/c1-17-8-4-5-9-18-10-12-19(13-11-18)15-7-3-2-6-14(15)16/h2-3,6-7,17H,4-5,8-13H2,1H3. The maximum atomic E-state index is 13.7.